The summed E-state index contributed by atoms with van der Waals surface area (Å²) in [6, 6.07) is 10.2. The maximum atomic E-state index is 3.77. The van der Waals surface area contributed by atoms with Gasteiger partial charge >= 0.3 is 0 Å². The van der Waals surface area contributed by atoms with Crippen LogP contribution in [0.1, 0.15) is 56.6 Å². The average Bonchev–Trinajstić information content (AvgIpc) is 3.08. The maximum Gasteiger partial charge on any atom is 0.0102 e. The van der Waals surface area contributed by atoms with Crippen LogP contribution in [0.2, 0.25) is 0 Å². The third-order valence-corrected chi connectivity index (χ3v) is 5.46. The number of fused-ring (bicyclic) bond motifs is 1. The van der Waals surface area contributed by atoms with Crippen molar-refractivity contribution < 1.29 is 0 Å². The lowest BCUT2D eigenvalue weighted by atomic mass is 9.90. The van der Waals surface area contributed by atoms with Gasteiger partial charge in [-0.2, -0.15) is 0 Å². The molecule has 3 atom stereocenters. The molecule has 3 rings (SSSR count). The Kier molecular flexibility index (Phi) is 4.77. The summed E-state index contributed by atoms with van der Waals surface area (Å²) in [5, 5.41) is 3.77. The predicted octanol–water partition coefficient (Wildman–Crippen LogP) is 4.35. The second-order valence-corrected chi connectivity index (χ2v) is 6.83. The van der Waals surface area contributed by atoms with E-state index < -0.39 is 0 Å². The lowest BCUT2D eigenvalue weighted by molar-refractivity contribution is 0.393. The zero-order chi connectivity index (χ0) is 13.8. The van der Waals surface area contributed by atoms with Gasteiger partial charge in [0.1, 0.15) is 0 Å². The van der Waals surface area contributed by atoms with Crippen LogP contribution in [0.3, 0.4) is 0 Å². The second kappa shape index (κ2) is 6.76. The summed E-state index contributed by atoms with van der Waals surface area (Å²) in [7, 11) is 0. The predicted molar refractivity (Wildman–Crippen MR) is 86.0 cm³/mol. The number of benzene rings is 1. The molecule has 2 aliphatic rings. The minimum atomic E-state index is 0.794. The molecule has 20 heavy (non-hydrogen) atoms. The number of rotatable bonds is 6. The summed E-state index contributed by atoms with van der Waals surface area (Å²) in [4.78, 5) is 0. The number of unbranched alkanes of at least 4 members (excludes halogenated alkanes) is 1. The van der Waals surface area contributed by atoms with Gasteiger partial charge in [-0.1, -0.05) is 44.0 Å². The molecule has 110 valence electrons. The van der Waals surface area contributed by atoms with Crippen molar-refractivity contribution in [2.45, 2.75) is 64.3 Å². The van der Waals surface area contributed by atoms with Gasteiger partial charge in [-0.3, -0.25) is 0 Å². The Morgan fingerprint density at radius 2 is 1.80 bits per heavy atom. The van der Waals surface area contributed by atoms with E-state index in [4.69, 9.17) is 0 Å². The Morgan fingerprint density at radius 3 is 2.55 bits per heavy atom. The first kappa shape index (κ1) is 14.1. The van der Waals surface area contributed by atoms with Gasteiger partial charge in [0.2, 0.25) is 0 Å². The van der Waals surface area contributed by atoms with E-state index >= 15 is 0 Å². The fourth-order valence-electron chi connectivity index (χ4n) is 4.19. The van der Waals surface area contributed by atoms with Crippen molar-refractivity contribution in [3.63, 3.8) is 0 Å². The molecule has 1 nitrogen and oxygen atoms in total. The third kappa shape index (κ3) is 3.25. The summed E-state index contributed by atoms with van der Waals surface area (Å²) < 4.78 is 0. The molecule has 1 saturated carbocycles. The maximum absolute atomic E-state index is 3.77. The van der Waals surface area contributed by atoms with E-state index in [0.29, 0.717) is 0 Å². The smallest absolute Gasteiger partial charge is 0.0102 e. The van der Waals surface area contributed by atoms with Gasteiger partial charge < -0.3 is 5.32 Å². The van der Waals surface area contributed by atoms with Gasteiger partial charge in [-0.25, -0.2) is 0 Å². The van der Waals surface area contributed by atoms with Crippen molar-refractivity contribution in [3.8, 4) is 0 Å². The van der Waals surface area contributed by atoms with Gasteiger partial charge in [0, 0.05) is 6.04 Å². The summed E-state index contributed by atoms with van der Waals surface area (Å²) in [5.41, 5.74) is 3.03. The highest BCUT2D eigenvalue weighted by Gasteiger charge is 2.38. The molecule has 3 unspecified atom stereocenters. The van der Waals surface area contributed by atoms with Gasteiger partial charge in [-0.05, 0) is 68.0 Å². The highest BCUT2D eigenvalue weighted by molar-refractivity contribution is 5.23. The van der Waals surface area contributed by atoms with Gasteiger partial charge in [0.05, 0.1) is 0 Å². The molecule has 0 amide bonds. The Bertz CT molecular complexity index is 408. The Morgan fingerprint density at radius 1 is 1.05 bits per heavy atom. The topological polar surface area (TPSA) is 12.0 Å². The molecule has 1 aromatic rings. The largest absolute Gasteiger partial charge is 0.313 e. The fraction of sp³-hybridized carbons (Fsp3) is 0.684. The summed E-state index contributed by atoms with van der Waals surface area (Å²) in [5.74, 6) is 1.98. The van der Waals surface area contributed by atoms with Crippen molar-refractivity contribution in [3.05, 3.63) is 35.4 Å². The highest BCUT2D eigenvalue weighted by Crippen LogP contribution is 2.38. The molecule has 1 N–H and O–H groups in total. The minimum absolute atomic E-state index is 0.794. The first-order valence-corrected chi connectivity index (χ1v) is 8.68. The van der Waals surface area contributed by atoms with Gasteiger partial charge in [0.25, 0.3) is 0 Å². The van der Waals surface area contributed by atoms with E-state index in [0.717, 1.165) is 17.9 Å². The van der Waals surface area contributed by atoms with Gasteiger partial charge in [-0.15, -0.1) is 0 Å². The molecule has 1 heterocycles. The number of nitrogens with one attached hydrogen (secondary N) is 1. The number of hydrogen-bond acceptors (Lipinski definition) is 1. The third-order valence-electron chi connectivity index (χ3n) is 5.46. The van der Waals surface area contributed by atoms with Crippen LogP contribution in [-0.4, -0.2) is 12.6 Å². The standard InChI is InChI=1S/C19H29N/c1-2-3-5-15-8-10-16(11-9-15)12-13-19-18-7-4-6-17(18)14-20-19/h8-11,17-20H,2-7,12-14H2,1H3. The first-order chi connectivity index (χ1) is 9.86. The summed E-state index contributed by atoms with van der Waals surface area (Å²) >= 11 is 0. The molecule has 0 spiro atoms. The van der Waals surface area contributed by atoms with Crippen LogP contribution in [0.5, 0.6) is 0 Å². The molecule has 2 fully saturated rings. The van der Waals surface area contributed by atoms with E-state index in [1.165, 1.54) is 69.0 Å². The molecule has 1 aliphatic heterocycles. The van der Waals surface area contributed by atoms with E-state index in [1.54, 1.807) is 0 Å². The van der Waals surface area contributed by atoms with Crippen LogP contribution in [0, 0.1) is 11.8 Å². The van der Waals surface area contributed by atoms with Crippen molar-refractivity contribution >= 4 is 0 Å². The Balaban J connectivity index is 1.48. The normalized spacial score (nSPS) is 28.8. The molecule has 1 aliphatic carbocycles. The van der Waals surface area contributed by atoms with Gasteiger partial charge in [0.15, 0.2) is 0 Å². The van der Waals surface area contributed by atoms with E-state index in [9.17, 15) is 0 Å². The average molecular weight is 271 g/mol. The van der Waals surface area contributed by atoms with Crippen LogP contribution in [0.4, 0.5) is 0 Å². The number of hydrogen-bond donors (Lipinski definition) is 1. The van der Waals surface area contributed by atoms with E-state index in [-0.39, 0.29) is 0 Å². The second-order valence-electron chi connectivity index (χ2n) is 6.83. The molecule has 1 saturated heterocycles. The summed E-state index contributed by atoms with van der Waals surface area (Å²) in [6.45, 7) is 3.55. The van der Waals surface area contributed by atoms with E-state index in [1.807, 2.05) is 0 Å². The lowest BCUT2D eigenvalue weighted by Crippen LogP contribution is -2.27. The number of aryl methyl sites for hydroxylation is 2. The Hall–Kier alpha value is -0.820. The molecular formula is C19H29N. The molecule has 0 bridgehead atoms. The molecule has 0 radical (unpaired) electrons. The molecule has 1 aromatic carbocycles. The van der Waals surface area contributed by atoms with E-state index in [2.05, 4.69) is 36.5 Å². The lowest BCUT2D eigenvalue weighted by Gasteiger charge is -2.18. The van der Waals surface area contributed by atoms with Crippen LogP contribution in [-0.2, 0) is 12.8 Å². The SMILES string of the molecule is CCCCc1ccc(CCC2NCC3CCCC32)cc1. The van der Waals surface area contributed by atoms with Crippen LogP contribution in [0.15, 0.2) is 24.3 Å². The first-order valence-electron chi connectivity index (χ1n) is 8.68. The van der Waals surface area contributed by atoms with Crippen molar-refractivity contribution in [1.29, 1.82) is 0 Å². The fourth-order valence-corrected chi connectivity index (χ4v) is 4.19. The molecule has 1 heteroatoms. The zero-order valence-electron chi connectivity index (χ0n) is 12.9. The van der Waals surface area contributed by atoms with Crippen LogP contribution < -0.4 is 5.32 Å². The highest BCUT2D eigenvalue weighted by atomic mass is 15.0. The minimum Gasteiger partial charge on any atom is -0.313 e. The Labute approximate surface area is 124 Å². The van der Waals surface area contributed by atoms with Crippen molar-refractivity contribution in [2.24, 2.45) is 11.8 Å². The van der Waals surface area contributed by atoms with Crippen LogP contribution in [0.25, 0.3) is 0 Å². The summed E-state index contributed by atoms with van der Waals surface area (Å²) in [6.07, 6.45) is 10.8. The van der Waals surface area contributed by atoms with Crippen molar-refractivity contribution in [2.75, 3.05) is 6.54 Å². The quantitative estimate of drug-likeness (QED) is 0.811. The molecule has 0 aromatic heterocycles. The van der Waals surface area contributed by atoms with Crippen molar-refractivity contribution in [1.82, 2.24) is 5.32 Å². The molecular weight excluding hydrogens is 242 g/mol. The zero-order valence-corrected chi connectivity index (χ0v) is 12.9. The monoisotopic (exact) mass is 271 g/mol. The van der Waals surface area contributed by atoms with Crippen LogP contribution >= 0.6 is 0 Å².